The summed E-state index contributed by atoms with van der Waals surface area (Å²) in [5, 5.41) is 2.70. The van der Waals surface area contributed by atoms with E-state index in [1.54, 1.807) is 24.3 Å². The summed E-state index contributed by atoms with van der Waals surface area (Å²) in [5.41, 5.74) is 2.28. The van der Waals surface area contributed by atoms with Crippen molar-refractivity contribution in [3.63, 3.8) is 0 Å². The molecule has 1 N–H and O–H groups in total. The highest BCUT2D eigenvalue weighted by molar-refractivity contribution is 6.05. The maximum atomic E-state index is 12.6. The van der Waals surface area contributed by atoms with Crippen LogP contribution in [0.15, 0.2) is 48.5 Å². The van der Waals surface area contributed by atoms with E-state index in [2.05, 4.69) is 5.32 Å². The van der Waals surface area contributed by atoms with Crippen LogP contribution in [0.2, 0.25) is 0 Å². The largest absolute Gasteiger partial charge is 0.465 e. The standard InChI is InChI=1S/C21H24N2O4/c1-14(2)16-9-6-8-12-19(16)23(15(3)24)13-20(25)22-18-11-7-5-10-17(18)21(26)27-4/h5-12,14H,13H2,1-4H3,(H,22,25). The molecule has 0 atom stereocenters. The molecule has 0 bridgehead atoms. The van der Waals surface area contributed by atoms with Crippen molar-refractivity contribution < 1.29 is 19.1 Å². The number of esters is 1. The fourth-order valence-corrected chi connectivity index (χ4v) is 2.80. The molecular formula is C21H24N2O4. The fourth-order valence-electron chi connectivity index (χ4n) is 2.80. The molecule has 142 valence electrons. The van der Waals surface area contributed by atoms with Crippen LogP contribution in [0, 0.1) is 0 Å². The molecule has 0 aliphatic rings. The second-order valence-electron chi connectivity index (χ2n) is 6.40. The van der Waals surface area contributed by atoms with Crippen LogP contribution < -0.4 is 10.2 Å². The molecule has 0 unspecified atom stereocenters. The van der Waals surface area contributed by atoms with Gasteiger partial charge in [0.05, 0.1) is 18.4 Å². The number of nitrogens with zero attached hydrogens (tertiary/aromatic N) is 1. The third-order valence-electron chi connectivity index (χ3n) is 4.14. The molecule has 6 nitrogen and oxygen atoms in total. The van der Waals surface area contributed by atoms with Crippen LogP contribution in [0.25, 0.3) is 0 Å². The minimum absolute atomic E-state index is 0.158. The average molecular weight is 368 g/mol. The van der Waals surface area contributed by atoms with Crippen molar-refractivity contribution in [3.8, 4) is 0 Å². The van der Waals surface area contributed by atoms with Crippen molar-refractivity contribution in [2.45, 2.75) is 26.7 Å². The monoisotopic (exact) mass is 368 g/mol. The number of methoxy groups -OCH3 is 1. The second-order valence-corrected chi connectivity index (χ2v) is 6.40. The number of rotatable bonds is 6. The van der Waals surface area contributed by atoms with Gasteiger partial charge < -0.3 is 15.0 Å². The van der Waals surface area contributed by atoms with Crippen molar-refractivity contribution in [2.75, 3.05) is 23.9 Å². The zero-order valence-electron chi connectivity index (χ0n) is 16.0. The summed E-state index contributed by atoms with van der Waals surface area (Å²) in [6.45, 7) is 5.33. The highest BCUT2D eigenvalue weighted by atomic mass is 16.5. The lowest BCUT2D eigenvalue weighted by Crippen LogP contribution is -2.37. The first-order chi connectivity index (χ1) is 12.8. The van der Waals surface area contributed by atoms with Gasteiger partial charge >= 0.3 is 5.97 Å². The highest BCUT2D eigenvalue weighted by Crippen LogP contribution is 2.27. The summed E-state index contributed by atoms with van der Waals surface area (Å²) < 4.78 is 4.73. The smallest absolute Gasteiger partial charge is 0.339 e. The summed E-state index contributed by atoms with van der Waals surface area (Å²) in [6.07, 6.45) is 0. The number of nitrogens with one attached hydrogen (secondary N) is 1. The quantitative estimate of drug-likeness (QED) is 0.791. The predicted molar refractivity (Wildman–Crippen MR) is 105 cm³/mol. The highest BCUT2D eigenvalue weighted by Gasteiger charge is 2.21. The van der Waals surface area contributed by atoms with Crippen LogP contribution in [0.1, 0.15) is 42.6 Å². The molecule has 0 aliphatic heterocycles. The second kappa shape index (κ2) is 8.98. The minimum Gasteiger partial charge on any atom is -0.465 e. The number of ether oxygens (including phenoxy) is 1. The normalized spacial score (nSPS) is 10.4. The molecule has 0 saturated heterocycles. The Hall–Kier alpha value is -3.15. The molecule has 0 spiro atoms. The van der Waals surface area contributed by atoms with Crippen LogP contribution in [-0.4, -0.2) is 31.4 Å². The topological polar surface area (TPSA) is 75.7 Å². The molecule has 0 aromatic heterocycles. The van der Waals surface area contributed by atoms with Gasteiger partial charge in [-0.1, -0.05) is 44.2 Å². The molecule has 6 heteroatoms. The lowest BCUT2D eigenvalue weighted by atomic mass is 10.0. The number of carbonyl (C=O) groups excluding carboxylic acids is 3. The summed E-state index contributed by atoms with van der Waals surface area (Å²) in [6, 6.07) is 14.1. The Morgan fingerprint density at radius 3 is 2.30 bits per heavy atom. The van der Waals surface area contributed by atoms with Crippen LogP contribution in [0.4, 0.5) is 11.4 Å². The molecule has 2 amide bonds. The van der Waals surface area contributed by atoms with Crippen molar-refractivity contribution in [1.82, 2.24) is 0 Å². The molecule has 27 heavy (non-hydrogen) atoms. The van der Waals surface area contributed by atoms with Gasteiger partial charge in [-0.15, -0.1) is 0 Å². The van der Waals surface area contributed by atoms with Crippen LogP contribution in [0.3, 0.4) is 0 Å². The molecule has 2 aromatic carbocycles. The van der Waals surface area contributed by atoms with E-state index in [1.165, 1.54) is 18.9 Å². The maximum absolute atomic E-state index is 12.6. The summed E-state index contributed by atoms with van der Waals surface area (Å²) in [5.74, 6) is -0.981. The van der Waals surface area contributed by atoms with Crippen molar-refractivity contribution in [3.05, 3.63) is 59.7 Å². The molecule has 0 fully saturated rings. The van der Waals surface area contributed by atoms with Crippen molar-refractivity contribution in [1.29, 1.82) is 0 Å². The van der Waals surface area contributed by atoms with E-state index < -0.39 is 11.9 Å². The van der Waals surface area contributed by atoms with Gasteiger partial charge in [-0.05, 0) is 29.7 Å². The molecule has 0 radical (unpaired) electrons. The molecule has 0 heterocycles. The van der Waals surface area contributed by atoms with Crippen LogP contribution in [0.5, 0.6) is 0 Å². The number of benzene rings is 2. The van der Waals surface area contributed by atoms with Crippen LogP contribution >= 0.6 is 0 Å². The van der Waals surface area contributed by atoms with Gasteiger partial charge in [0.2, 0.25) is 11.8 Å². The molecule has 2 rings (SSSR count). The van der Waals surface area contributed by atoms with E-state index in [4.69, 9.17) is 4.74 Å². The SMILES string of the molecule is COC(=O)c1ccccc1NC(=O)CN(C(C)=O)c1ccccc1C(C)C. The third kappa shape index (κ3) is 4.94. The Labute approximate surface area is 159 Å². The van der Waals surface area contributed by atoms with E-state index in [1.807, 2.05) is 38.1 Å². The van der Waals surface area contributed by atoms with Gasteiger partial charge in [-0.2, -0.15) is 0 Å². The maximum Gasteiger partial charge on any atom is 0.339 e. The Bertz CT molecular complexity index is 846. The minimum atomic E-state index is -0.542. The Morgan fingerprint density at radius 2 is 1.67 bits per heavy atom. The number of hydrogen-bond acceptors (Lipinski definition) is 4. The number of carbonyl (C=O) groups is 3. The zero-order valence-corrected chi connectivity index (χ0v) is 16.0. The van der Waals surface area contributed by atoms with Gasteiger partial charge in [0, 0.05) is 12.6 Å². The lowest BCUT2D eigenvalue weighted by molar-refractivity contribution is -0.120. The lowest BCUT2D eigenvalue weighted by Gasteiger charge is -2.25. The first-order valence-electron chi connectivity index (χ1n) is 8.69. The number of anilines is 2. The summed E-state index contributed by atoms with van der Waals surface area (Å²) in [4.78, 5) is 38.1. The molecule has 0 saturated carbocycles. The molecule has 0 aliphatic carbocycles. The number of hydrogen-bond donors (Lipinski definition) is 1. The van der Waals surface area contributed by atoms with E-state index in [9.17, 15) is 14.4 Å². The Morgan fingerprint density at radius 1 is 1.04 bits per heavy atom. The van der Waals surface area contributed by atoms with Crippen LogP contribution in [-0.2, 0) is 14.3 Å². The summed E-state index contributed by atoms with van der Waals surface area (Å²) in [7, 11) is 1.28. The van der Waals surface area contributed by atoms with E-state index in [0.717, 1.165) is 5.56 Å². The first kappa shape index (κ1) is 20.2. The molecular weight excluding hydrogens is 344 g/mol. The Balaban J connectivity index is 2.25. The first-order valence-corrected chi connectivity index (χ1v) is 8.69. The van der Waals surface area contributed by atoms with E-state index >= 15 is 0 Å². The van der Waals surface area contributed by atoms with Gasteiger partial charge in [0.1, 0.15) is 6.54 Å². The van der Waals surface area contributed by atoms with E-state index in [-0.39, 0.29) is 23.9 Å². The van der Waals surface area contributed by atoms with E-state index in [0.29, 0.717) is 11.4 Å². The Kier molecular flexibility index (Phi) is 6.71. The summed E-state index contributed by atoms with van der Waals surface area (Å²) >= 11 is 0. The van der Waals surface area contributed by atoms with Crippen molar-refractivity contribution in [2.24, 2.45) is 0 Å². The van der Waals surface area contributed by atoms with Gasteiger partial charge in [-0.3, -0.25) is 9.59 Å². The third-order valence-corrected chi connectivity index (χ3v) is 4.14. The average Bonchev–Trinajstić information content (AvgIpc) is 2.65. The zero-order chi connectivity index (χ0) is 20.0. The van der Waals surface area contributed by atoms with Gasteiger partial charge in [0.25, 0.3) is 0 Å². The van der Waals surface area contributed by atoms with Gasteiger partial charge in [-0.25, -0.2) is 4.79 Å². The van der Waals surface area contributed by atoms with Crippen molar-refractivity contribution >= 4 is 29.2 Å². The molecule has 2 aromatic rings. The fraction of sp³-hybridized carbons (Fsp3) is 0.286. The predicted octanol–water partition coefficient (Wildman–Crippen LogP) is 3.59. The number of amides is 2. The van der Waals surface area contributed by atoms with Gasteiger partial charge in [0.15, 0.2) is 0 Å². The number of para-hydroxylation sites is 2.